The number of nitrogens with zero attached hydrogens (tertiary/aromatic N) is 2. The van der Waals surface area contributed by atoms with Gasteiger partial charge in [-0.1, -0.05) is 50.2 Å². The van der Waals surface area contributed by atoms with Crippen LogP contribution in [-0.4, -0.2) is 37.6 Å². The molecule has 0 spiro atoms. The number of halogens is 2. The first-order valence-electron chi connectivity index (χ1n) is 10.1. The van der Waals surface area contributed by atoms with Crippen LogP contribution in [0.2, 0.25) is 0 Å². The van der Waals surface area contributed by atoms with E-state index < -0.39 is 0 Å². The van der Waals surface area contributed by atoms with Crippen molar-refractivity contribution in [1.29, 1.82) is 0 Å². The number of benzene rings is 2. The first-order chi connectivity index (χ1) is 12.7. The minimum atomic E-state index is -0.0147. The van der Waals surface area contributed by atoms with E-state index in [-0.39, 0.29) is 39.4 Å². The van der Waals surface area contributed by atoms with E-state index in [0.29, 0.717) is 6.54 Å². The van der Waals surface area contributed by atoms with Gasteiger partial charge in [-0.2, -0.15) is 0 Å². The standard InChI is InChI=1S/C23H33N3.2BrH/c1-4-25(5-2)16-15-23(18-24)17-19-11-7-9-13-21(19)26(6-3)22-14-10-8-12-20(22)23;;/h7-14H,4-6,15-18,24H2,1-3H3;2*1H. The van der Waals surface area contributed by atoms with Gasteiger partial charge >= 0.3 is 0 Å². The first kappa shape index (κ1) is 25.2. The summed E-state index contributed by atoms with van der Waals surface area (Å²) in [6, 6.07) is 17.7. The van der Waals surface area contributed by atoms with Gasteiger partial charge in [-0.3, -0.25) is 0 Å². The molecule has 3 rings (SSSR count). The number of rotatable bonds is 7. The van der Waals surface area contributed by atoms with E-state index in [1.54, 1.807) is 0 Å². The topological polar surface area (TPSA) is 32.5 Å². The van der Waals surface area contributed by atoms with Gasteiger partial charge in [0.1, 0.15) is 0 Å². The van der Waals surface area contributed by atoms with Crippen molar-refractivity contribution in [2.24, 2.45) is 5.73 Å². The first-order valence-corrected chi connectivity index (χ1v) is 10.1. The van der Waals surface area contributed by atoms with Crippen LogP contribution in [0, 0.1) is 0 Å². The molecule has 3 nitrogen and oxygen atoms in total. The Bertz CT molecular complexity index is 733. The summed E-state index contributed by atoms with van der Waals surface area (Å²) >= 11 is 0. The van der Waals surface area contributed by atoms with E-state index in [9.17, 15) is 0 Å². The van der Waals surface area contributed by atoms with Crippen molar-refractivity contribution in [3.8, 4) is 0 Å². The Morgan fingerprint density at radius 3 is 2.14 bits per heavy atom. The predicted octanol–water partition coefficient (Wildman–Crippen LogP) is 5.48. The van der Waals surface area contributed by atoms with Crippen molar-refractivity contribution in [1.82, 2.24) is 4.90 Å². The molecule has 28 heavy (non-hydrogen) atoms. The molecule has 0 fully saturated rings. The smallest absolute Gasteiger partial charge is 0.0449 e. The van der Waals surface area contributed by atoms with Gasteiger partial charge in [0.15, 0.2) is 0 Å². The Labute approximate surface area is 191 Å². The van der Waals surface area contributed by atoms with Gasteiger partial charge in [0.25, 0.3) is 0 Å². The molecule has 156 valence electrons. The van der Waals surface area contributed by atoms with E-state index in [1.165, 1.54) is 22.5 Å². The lowest BCUT2D eigenvalue weighted by molar-refractivity contribution is 0.257. The van der Waals surface area contributed by atoms with Crippen molar-refractivity contribution in [2.45, 2.75) is 39.0 Å². The highest BCUT2D eigenvalue weighted by Crippen LogP contribution is 2.45. The average Bonchev–Trinajstić information content (AvgIpc) is 2.81. The predicted molar refractivity (Wildman–Crippen MR) is 133 cm³/mol. The fraction of sp³-hybridized carbons (Fsp3) is 0.478. The maximum absolute atomic E-state index is 6.50. The lowest BCUT2D eigenvalue weighted by Gasteiger charge is -2.36. The minimum Gasteiger partial charge on any atom is -0.341 e. The second-order valence-electron chi connectivity index (χ2n) is 7.33. The molecular weight excluding hydrogens is 478 g/mol. The molecule has 2 aromatic carbocycles. The van der Waals surface area contributed by atoms with Gasteiger partial charge in [0.05, 0.1) is 0 Å². The Kier molecular flexibility index (Phi) is 10.2. The van der Waals surface area contributed by atoms with Crippen molar-refractivity contribution in [3.05, 3.63) is 59.7 Å². The third-order valence-electron chi connectivity index (χ3n) is 6.09. The molecule has 0 saturated carbocycles. The quantitative estimate of drug-likeness (QED) is 0.532. The molecular formula is C23H35Br2N3. The van der Waals surface area contributed by atoms with E-state index in [0.717, 1.165) is 39.0 Å². The zero-order chi connectivity index (χ0) is 18.6. The van der Waals surface area contributed by atoms with Crippen LogP contribution in [-0.2, 0) is 11.8 Å². The molecule has 0 aromatic heterocycles. The molecule has 1 unspecified atom stereocenters. The summed E-state index contributed by atoms with van der Waals surface area (Å²) in [7, 11) is 0. The second-order valence-corrected chi connectivity index (χ2v) is 7.33. The molecule has 1 heterocycles. The van der Waals surface area contributed by atoms with Crippen molar-refractivity contribution in [3.63, 3.8) is 0 Å². The van der Waals surface area contributed by atoms with E-state index >= 15 is 0 Å². The van der Waals surface area contributed by atoms with E-state index in [2.05, 4.69) is 79.1 Å². The summed E-state index contributed by atoms with van der Waals surface area (Å²) in [6.45, 7) is 11.6. The van der Waals surface area contributed by atoms with Crippen LogP contribution in [0.25, 0.3) is 0 Å². The zero-order valence-corrected chi connectivity index (χ0v) is 20.8. The fourth-order valence-corrected chi connectivity index (χ4v) is 4.43. The number of para-hydroxylation sites is 2. The van der Waals surface area contributed by atoms with Crippen molar-refractivity contribution >= 4 is 45.3 Å². The van der Waals surface area contributed by atoms with Crippen LogP contribution < -0.4 is 10.6 Å². The van der Waals surface area contributed by atoms with Gasteiger partial charge < -0.3 is 15.5 Å². The fourth-order valence-electron chi connectivity index (χ4n) is 4.43. The van der Waals surface area contributed by atoms with E-state index in [1.807, 2.05) is 0 Å². The van der Waals surface area contributed by atoms with Crippen molar-refractivity contribution < 1.29 is 0 Å². The summed E-state index contributed by atoms with van der Waals surface area (Å²) < 4.78 is 0. The van der Waals surface area contributed by atoms with Gasteiger partial charge in [0.2, 0.25) is 0 Å². The Hall–Kier alpha value is -0.880. The van der Waals surface area contributed by atoms with E-state index in [4.69, 9.17) is 5.73 Å². The van der Waals surface area contributed by atoms with Gasteiger partial charge in [-0.15, -0.1) is 34.0 Å². The lowest BCUT2D eigenvalue weighted by atomic mass is 9.72. The highest BCUT2D eigenvalue weighted by Gasteiger charge is 2.37. The van der Waals surface area contributed by atoms with Crippen LogP contribution in [0.5, 0.6) is 0 Å². The molecule has 2 N–H and O–H groups in total. The molecule has 0 amide bonds. The third kappa shape index (κ3) is 4.81. The van der Waals surface area contributed by atoms with Crippen LogP contribution in [0.3, 0.4) is 0 Å². The molecule has 2 aromatic rings. The SMILES string of the molecule is Br.Br.CCN(CC)CCC1(CN)Cc2ccccc2N(CC)c2ccccc21. The molecule has 5 heteroatoms. The maximum atomic E-state index is 6.50. The average molecular weight is 513 g/mol. The van der Waals surface area contributed by atoms with Crippen LogP contribution >= 0.6 is 34.0 Å². The van der Waals surface area contributed by atoms with Crippen LogP contribution in [0.15, 0.2) is 48.5 Å². The molecule has 0 bridgehead atoms. The summed E-state index contributed by atoms with van der Waals surface area (Å²) in [5.41, 5.74) is 12.0. The Morgan fingerprint density at radius 1 is 0.929 bits per heavy atom. The maximum Gasteiger partial charge on any atom is 0.0449 e. The Morgan fingerprint density at radius 2 is 1.54 bits per heavy atom. The molecule has 1 aliphatic rings. The highest BCUT2D eigenvalue weighted by molar-refractivity contribution is 8.93. The monoisotopic (exact) mass is 511 g/mol. The number of fused-ring (bicyclic) bond motifs is 2. The summed E-state index contributed by atoms with van der Waals surface area (Å²) in [6.07, 6.45) is 2.10. The number of hydrogen-bond acceptors (Lipinski definition) is 3. The summed E-state index contributed by atoms with van der Waals surface area (Å²) in [4.78, 5) is 4.97. The zero-order valence-electron chi connectivity index (χ0n) is 17.4. The second kappa shape index (κ2) is 11.3. The third-order valence-corrected chi connectivity index (χ3v) is 6.09. The largest absolute Gasteiger partial charge is 0.341 e. The molecule has 1 aliphatic heterocycles. The van der Waals surface area contributed by atoms with Crippen LogP contribution in [0.4, 0.5) is 11.4 Å². The Balaban J connectivity index is 0.00000196. The molecule has 0 saturated heterocycles. The normalized spacial score (nSPS) is 17.8. The van der Waals surface area contributed by atoms with Gasteiger partial charge in [0, 0.05) is 29.9 Å². The van der Waals surface area contributed by atoms with Gasteiger partial charge in [-0.05, 0) is 62.7 Å². The minimum absolute atomic E-state index is 0. The highest BCUT2D eigenvalue weighted by atomic mass is 79.9. The van der Waals surface area contributed by atoms with Gasteiger partial charge in [-0.25, -0.2) is 0 Å². The summed E-state index contributed by atoms with van der Waals surface area (Å²) in [5.74, 6) is 0. The number of anilines is 2. The lowest BCUT2D eigenvalue weighted by Crippen LogP contribution is -2.41. The summed E-state index contributed by atoms with van der Waals surface area (Å²) in [5, 5.41) is 0. The number of nitrogens with two attached hydrogens (primary N) is 1. The van der Waals surface area contributed by atoms with Crippen LogP contribution in [0.1, 0.15) is 38.3 Å². The number of hydrogen-bond donors (Lipinski definition) is 1. The van der Waals surface area contributed by atoms with Crippen molar-refractivity contribution in [2.75, 3.05) is 37.6 Å². The molecule has 1 atom stereocenters. The molecule has 0 aliphatic carbocycles. The molecule has 0 radical (unpaired) electrons.